The molecule has 0 spiro atoms. The predicted octanol–water partition coefficient (Wildman–Crippen LogP) is 2.37. The van der Waals surface area contributed by atoms with Gasteiger partial charge < -0.3 is 24.8 Å². The van der Waals surface area contributed by atoms with Gasteiger partial charge in [0.1, 0.15) is 24.7 Å². The largest absolute Gasteiger partial charge is 0.491 e. The van der Waals surface area contributed by atoms with E-state index in [0.717, 1.165) is 0 Å². The fourth-order valence-electron chi connectivity index (χ4n) is 3.32. The van der Waals surface area contributed by atoms with Gasteiger partial charge in [-0.3, -0.25) is 19.6 Å². The summed E-state index contributed by atoms with van der Waals surface area (Å²) in [7, 11) is 0. The van der Waals surface area contributed by atoms with Crippen LogP contribution in [-0.4, -0.2) is 75.8 Å². The zero-order valence-corrected chi connectivity index (χ0v) is 20.7. The van der Waals surface area contributed by atoms with Crippen LogP contribution in [0.15, 0.2) is 58.5 Å². The van der Waals surface area contributed by atoms with Crippen molar-refractivity contribution in [1.82, 2.24) is 10.6 Å². The molecular formula is C24H28Cl2N4O5. The van der Waals surface area contributed by atoms with E-state index in [1.807, 2.05) is 0 Å². The van der Waals surface area contributed by atoms with Gasteiger partial charge in [-0.25, -0.2) is 0 Å². The average molecular weight is 523 g/mol. The van der Waals surface area contributed by atoms with Crippen molar-refractivity contribution in [3.8, 4) is 11.5 Å². The first kappa shape index (κ1) is 28.1. The van der Waals surface area contributed by atoms with E-state index >= 15 is 0 Å². The lowest BCUT2D eigenvalue weighted by atomic mass is 10.1. The molecule has 2 N–H and O–H groups in total. The number of ether oxygens (including phenoxy) is 3. The second-order valence-electron chi connectivity index (χ2n) is 7.33. The standard InChI is InChI=1S/C24H26N4O5.2ClH/c29-21(23-25-9-10-26-23)17-1-5-19(6-2-17)32-15-13-31-14-16-33-20-7-3-18(4-8-20)22(30)24-27-11-12-28-24;;/h1-8H,9-16H2,(H,25,26)(H,27,28);2*1H. The zero-order chi connectivity index (χ0) is 22.9. The van der Waals surface area contributed by atoms with E-state index in [2.05, 4.69) is 20.6 Å². The number of carbonyl (C=O) groups is 2. The van der Waals surface area contributed by atoms with Crippen LogP contribution < -0.4 is 20.1 Å². The molecule has 0 radical (unpaired) electrons. The molecule has 2 aromatic carbocycles. The van der Waals surface area contributed by atoms with Gasteiger partial charge in [0.05, 0.1) is 26.3 Å². The van der Waals surface area contributed by atoms with E-state index in [-0.39, 0.29) is 36.4 Å². The van der Waals surface area contributed by atoms with Crippen LogP contribution in [0.2, 0.25) is 0 Å². The number of carbonyl (C=O) groups excluding carboxylic acids is 2. The monoisotopic (exact) mass is 522 g/mol. The molecule has 0 aliphatic carbocycles. The van der Waals surface area contributed by atoms with Crippen molar-refractivity contribution in [2.75, 3.05) is 52.6 Å². The van der Waals surface area contributed by atoms with Gasteiger partial charge in [-0.15, -0.1) is 24.8 Å². The molecule has 0 amide bonds. The maximum Gasteiger partial charge on any atom is 0.227 e. The number of halogens is 2. The summed E-state index contributed by atoms with van der Waals surface area (Å²) in [6.45, 7) is 4.27. The van der Waals surface area contributed by atoms with Gasteiger partial charge in [-0.1, -0.05) is 0 Å². The lowest BCUT2D eigenvalue weighted by Crippen LogP contribution is -2.27. The van der Waals surface area contributed by atoms with Crippen LogP contribution >= 0.6 is 24.8 Å². The number of amidine groups is 2. The minimum atomic E-state index is -0.108. The van der Waals surface area contributed by atoms with E-state index in [9.17, 15) is 9.59 Å². The summed E-state index contributed by atoms with van der Waals surface area (Å²) in [5.41, 5.74) is 1.15. The molecule has 2 aliphatic rings. The summed E-state index contributed by atoms with van der Waals surface area (Å²) in [4.78, 5) is 32.8. The fourth-order valence-corrected chi connectivity index (χ4v) is 3.32. The minimum absolute atomic E-state index is 0. The molecule has 0 fully saturated rings. The van der Waals surface area contributed by atoms with Crippen LogP contribution in [0.3, 0.4) is 0 Å². The summed E-state index contributed by atoms with van der Waals surface area (Å²) >= 11 is 0. The van der Waals surface area contributed by atoms with E-state index < -0.39 is 0 Å². The van der Waals surface area contributed by atoms with Crippen LogP contribution in [0.5, 0.6) is 11.5 Å². The Labute approximate surface area is 216 Å². The Kier molecular flexibility index (Phi) is 11.5. The van der Waals surface area contributed by atoms with Gasteiger partial charge in [0, 0.05) is 24.2 Å². The predicted molar refractivity (Wildman–Crippen MR) is 138 cm³/mol. The van der Waals surface area contributed by atoms with Crippen LogP contribution in [0.4, 0.5) is 0 Å². The lowest BCUT2D eigenvalue weighted by Gasteiger charge is -2.09. The number of hydrogen-bond donors (Lipinski definition) is 2. The molecule has 0 aromatic heterocycles. The Morgan fingerprint density at radius 2 is 1.06 bits per heavy atom. The molecule has 2 aliphatic heterocycles. The molecule has 0 unspecified atom stereocenters. The third kappa shape index (κ3) is 7.95. The zero-order valence-electron chi connectivity index (χ0n) is 19.0. The highest BCUT2D eigenvalue weighted by Crippen LogP contribution is 2.14. The van der Waals surface area contributed by atoms with E-state index in [4.69, 9.17) is 14.2 Å². The molecule has 188 valence electrons. The highest BCUT2D eigenvalue weighted by molar-refractivity contribution is 6.46. The number of Topliss-reactive ketones (excluding diaryl/α,β-unsaturated/α-hetero) is 2. The Balaban J connectivity index is 0.00000216. The van der Waals surface area contributed by atoms with Crippen LogP contribution in [0.25, 0.3) is 0 Å². The number of rotatable bonds is 12. The molecule has 11 heteroatoms. The summed E-state index contributed by atoms with van der Waals surface area (Å²) in [5, 5.41) is 5.96. The van der Waals surface area contributed by atoms with Gasteiger partial charge in [0.25, 0.3) is 0 Å². The summed E-state index contributed by atoms with van der Waals surface area (Å²) in [6, 6.07) is 13.9. The number of benzene rings is 2. The van der Waals surface area contributed by atoms with Crippen molar-refractivity contribution < 1.29 is 23.8 Å². The number of ketones is 2. The quantitative estimate of drug-likeness (QED) is 0.325. The van der Waals surface area contributed by atoms with Crippen molar-refractivity contribution >= 4 is 48.1 Å². The number of nitrogens with one attached hydrogen (secondary N) is 2. The van der Waals surface area contributed by atoms with Crippen LogP contribution in [-0.2, 0) is 4.74 Å². The SMILES string of the molecule is Cl.Cl.O=C(C1=NCCN1)c1ccc(OCCOCCOc2ccc(C(=O)C3=NCCN3)cc2)cc1. The Bertz CT molecular complexity index is 959. The van der Waals surface area contributed by atoms with Gasteiger partial charge in [0.15, 0.2) is 11.7 Å². The molecule has 2 aromatic rings. The minimum Gasteiger partial charge on any atom is -0.491 e. The number of aliphatic imine (C=N–C) groups is 2. The number of hydrogen-bond acceptors (Lipinski definition) is 9. The van der Waals surface area contributed by atoms with Gasteiger partial charge in [-0.05, 0) is 48.5 Å². The van der Waals surface area contributed by atoms with Crippen molar-refractivity contribution in [3.05, 3.63) is 59.7 Å². The van der Waals surface area contributed by atoms with Crippen LogP contribution in [0.1, 0.15) is 20.7 Å². The highest BCUT2D eigenvalue weighted by atomic mass is 35.5. The first-order valence-electron chi connectivity index (χ1n) is 10.9. The first-order chi connectivity index (χ1) is 16.2. The lowest BCUT2D eigenvalue weighted by molar-refractivity contribution is 0.0764. The molecule has 2 heterocycles. The maximum atomic E-state index is 12.2. The Hall–Kier alpha value is -3.14. The molecule has 0 atom stereocenters. The topological polar surface area (TPSA) is 111 Å². The van der Waals surface area contributed by atoms with Crippen molar-refractivity contribution in [1.29, 1.82) is 0 Å². The smallest absolute Gasteiger partial charge is 0.227 e. The molecule has 0 saturated carbocycles. The second kappa shape index (κ2) is 14.3. The summed E-state index contributed by atoms with van der Waals surface area (Å²) < 4.78 is 16.8. The Morgan fingerprint density at radius 1 is 0.657 bits per heavy atom. The number of nitrogens with zero attached hydrogens (tertiary/aromatic N) is 2. The normalized spacial score (nSPS) is 13.8. The maximum absolute atomic E-state index is 12.2. The van der Waals surface area contributed by atoms with Crippen LogP contribution in [0, 0.1) is 0 Å². The highest BCUT2D eigenvalue weighted by Gasteiger charge is 2.17. The van der Waals surface area contributed by atoms with Gasteiger partial charge in [-0.2, -0.15) is 0 Å². The van der Waals surface area contributed by atoms with Crippen molar-refractivity contribution in [2.45, 2.75) is 0 Å². The van der Waals surface area contributed by atoms with E-state index in [1.165, 1.54) is 0 Å². The van der Waals surface area contributed by atoms with Crippen molar-refractivity contribution in [3.63, 3.8) is 0 Å². The third-order valence-electron chi connectivity index (χ3n) is 5.00. The molecule has 0 saturated heterocycles. The van der Waals surface area contributed by atoms with E-state index in [1.54, 1.807) is 48.5 Å². The molecule has 35 heavy (non-hydrogen) atoms. The molecule has 9 nitrogen and oxygen atoms in total. The third-order valence-corrected chi connectivity index (χ3v) is 5.00. The molecule has 4 rings (SSSR count). The summed E-state index contributed by atoms with van der Waals surface area (Å²) in [6.07, 6.45) is 0. The fraction of sp³-hybridized carbons (Fsp3) is 0.333. The second-order valence-corrected chi connectivity index (χ2v) is 7.33. The van der Waals surface area contributed by atoms with Crippen molar-refractivity contribution in [2.24, 2.45) is 9.98 Å². The molecular weight excluding hydrogens is 495 g/mol. The van der Waals surface area contributed by atoms with Gasteiger partial charge in [0.2, 0.25) is 11.6 Å². The van der Waals surface area contributed by atoms with Gasteiger partial charge >= 0.3 is 0 Å². The first-order valence-corrected chi connectivity index (χ1v) is 10.9. The average Bonchev–Trinajstić information content (AvgIpc) is 3.58. The molecule has 0 bridgehead atoms. The summed E-state index contributed by atoms with van der Waals surface area (Å²) in [5.74, 6) is 1.95. The van der Waals surface area contributed by atoms with E-state index in [0.29, 0.717) is 86.9 Å². The Morgan fingerprint density at radius 3 is 1.40 bits per heavy atom.